The predicted octanol–water partition coefficient (Wildman–Crippen LogP) is 20.7. The number of para-hydroxylation sites is 5. The minimum absolute atomic E-state index is 0.0900. The summed E-state index contributed by atoms with van der Waals surface area (Å²) in [6.45, 7) is 0. The number of hydrogen-bond donors (Lipinski definition) is 6. The Morgan fingerprint density at radius 2 is 0.794 bits per heavy atom. The van der Waals surface area contributed by atoms with Gasteiger partial charge in [0.25, 0.3) is 0 Å². The van der Waals surface area contributed by atoms with Crippen LogP contribution in [0.15, 0.2) is 188 Å². The molecule has 4 fully saturated rings. The highest BCUT2D eigenvalue weighted by molar-refractivity contribution is 6.42. The number of aryl methyl sites for hydroxylation is 2. The van der Waals surface area contributed by atoms with Crippen LogP contribution < -0.4 is 37.2 Å². The van der Waals surface area contributed by atoms with Crippen molar-refractivity contribution in [2.45, 2.75) is 141 Å². The molecular formula is C81H86Cl2N10O4. The fourth-order valence-corrected chi connectivity index (χ4v) is 14.5. The van der Waals surface area contributed by atoms with Crippen LogP contribution >= 0.6 is 23.2 Å². The lowest BCUT2D eigenvalue weighted by Gasteiger charge is -2.26. The summed E-state index contributed by atoms with van der Waals surface area (Å²) in [6, 6.07) is 62.1. The lowest BCUT2D eigenvalue weighted by Crippen LogP contribution is -2.25. The molecule has 3 heterocycles. The first-order chi connectivity index (χ1) is 47.5. The van der Waals surface area contributed by atoms with E-state index in [4.69, 9.17) is 33.9 Å². The van der Waals surface area contributed by atoms with Crippen molar-refractivity contribution in [1.29, 1.82) is 0 Å². The summed E-state index contributed by atoms with van der Waals surface area (Å²) in [5, 5.41) is 20.0. The highest BCUT2D eigenvalue weighted by Gasteiger charge is 2.27. The van der Waals surface area contributed by atoms with Gasteiger partial charge < -0.3 is 32.3 Å². The number of nitrogens with two attached hydrogens (primary N) is 1. The zero-order valence-corrected chi connectivity index (χ0v) is 56.5. The van der Waals surface area contributed by atoms with Gasteiger partial charge in [0.15, 0.2) is 0 Å². The number of nitrogens with zero attached hydrogens (tertiary/aromatic N) is 4. The number of hydrogen-bond acceptors (Lipinski definition) is 10. The Morgan fingerprint density at radius 3 is 1.28 bits per heavy atom. The first-order valence-corrected chi connectivity index (χ1v) is 35.6. The number of fused-ring (bicyclic) bond motifs is 4. The Morgan fingerprint density at radius 1 is 0.371 bits per heavy atom. The van der Waals surface area contributed by atoms with Gasteiger partial charge in [0.05, 0.1) is 43.7 Å². The van der Waals surface area contributed by atoms with Crippen molar-refractivity contribution in [1.82, 2.24) is 15.0 Å². The maximum Gasteiger partial charge on any atom is 0.227 e. The molecular weight excluding hydrogens is 1250 g/mol. The molecule has 4 amide bonds. The molecule has 15 rings (SSSR count). The minimum atomic E-state index is -0.109. The van der Waals surface area contributed by atoms with Crippen LogP contribution in [-0.4, -0.2) is 38.6 Å². The Balaban J connectivity index is 0.000000132. The third-order valence-electron chi connectivity index (χ3n) is 19.4. The Labute approximate surface area is 579 Å². The molecule has 14 nitrogen and oxygen atoms in total. The number of aromatic nitrogens is 3. The van der Waals surface area contributed by atoms with E-state index in [1.54, 1.807) is 12.1 Å². The number of amides is 4. The number of benzene rings is 7. The molecule has 16 heteroatoms. The van der Waals surface area contributed by atoms with E-state index in [1.165, 1.54) is 49.7 Å². The smallest absolute Gasteiger partial charge is 0.227 e. The number of pyridine rings is 3. The Bertz CT molecular complexity index is 4360. The molecule has 97 heavy (non-hydrogen) atoms. The fourth-order valence-electron chi connectivity index (χ4n) is 14.2. The molecule has 0 spiro atoms. The van der Waals surface area contributed by atoms with Gasteiger partial charge in [0.2, 0.25) is 23.6 Å². The van der Waals surface area contributed by atoms with E-state index in [1.807, 2.05) is 133 Å². The normalized spacial score (nSPS) is 15.7. The van der Waals surface area contributed by atoms with Crippen LogP contribution in [0.5, 0.6) is 0 Å². The van der Waals surface area contributed by atoms with Gasteiger partial charge in [-0.15, -0.1) is 0 Å². The van der Waals surface area contributed by atoms with Crippen LogP contribution in [0.3, 0.4) is 0 Å². The molecule has 0 radical (unpaired) electrons. The average Bonchev–Trinajstić information content (AvgIpc) is 1.47. The zero-order chi connectivity index (χ0) is 66.9. The Hall–Kier alpha value is -9.37. The molecule has 7 N–H and O–H groups in total. The Kier molecular flexibility index (Phi) is 23.0. The molecule has 5 aliphatic carbocycles. The topological polar surface area (TPSA) is 196 Å². The minimum Gasteiger partial charge on any atom is -0.369 e. The zero-order valence-electron chi connectivity index (χ0n) is 55.0. The van der Waals surface area contributed by atoms with Gasteiger partial charge >= 0.3 is 0 Å². The van der Waals surface area contributed by atoms with E-state index in [2.05, 4.69) is 83.9 Å². The maximum absolute atomic E-state index is 13.2. The highest BCUT2D eigenvalue weighted by atomic mass is 35.5. The van der Waals surface area contributed by atoms with Gasteiger partial charge in [-0.2, -0.15) is 0 Å². The van der Waals surface area contributed by atoms with E-state index in [0.717, 1.165) is 187 Å². The largest absolute Gasteiger partial charge is 0.369 e. The predicted molar refractivity (Wildman–Crippen MR) is 398 cm³/mol. The SMILES string of the molecule is NC(=O)C1CCCC1.O=C(Nc1cc(N(c2ccccc2)c2ccc3c(c2)CCC3)nc2ccccc12)C1CCCCC1.O=C(Nc1cc(Nc2ccc(Cl)c(Cl)c2)nc2ccccc12)C1CCCCC1.O=C(Nc1cc(Nc2ccccc2)nc2ccccc12)C1CCCCC1. The highest BCUT2D eigenvalue weighted by Crippen LogP contribution is 2.40. The number of nitrogens with one attached hydrogen (secondary N) is 5. The van der Waals surface area contributed by atoms with Gasteiger partial charge in [0.1, 0.15) is 17.5 Å². The molecule has 3 aromatic heterocycles. The molecule has 5 aliphatic rings. The van der Waals surface area contributed by atoms with Gasteiger partial charge in [0, 0.05) is 80.8 Å². The summed E-state index contributed by atoms with van der Waals surface area (Å²) in [7, 11) is 0. The van der Waals surface area contributed by atoms with Crippen LogP contribution in [0, 0.1) is 23.7 Å². The van der Waals surface area contributed by atoms with E-state index >= 15 is 0 Å². The van der Waals surface area contributed by atoms with Gasteiger partial charge in [-0.3, -0.25) is 24.1 Å². The summed E-state index contributed by atoms with van der Waals surface area (Å²) >= 11 is 12.1. The van der Waals surface area contributed by atoms with Crippen LogP contribution in [0.25, 0.3) is 32.7 Å². The number of rotatable bonds is 14. The second-order valence-corrected chi connectivity index (χ2v) is 27.1. The number of halogens is 2. The van der Waals surface area contributed by atoms with Crippen molar-refractivity contribution in [3.8, 4) is 0 Å². The standard InChI is InChI=1S/C31H31N3O.C22H21Cl2N3O.C22H23N3O.C6H11NO/c35-31(23-10-3-1-4-11-23)33-29-21-30(32-28-17-8-7-16-27(28)29)34(25-14-5-2-6-15-25)26-19-18-22-12-9-13-24(22)20-26;23-17-11-10-15(12-18(17)24)25-21-13-20(16-8-4-5-9-19(16)26-21)27-22(28)14-6-2-1-3-7-14;26-22(16-9-3-1-4-10-16)25-20-15-21(23-17-11-5-2-6-12-17)24-19-14-8-7-13-18(19)20;7-6(8)5-3-1-2-4-5/h2,5-8,14-21,23H,1,3-4,9-13H2,(H,32,33,35);4-5,8-14H,1-3,6-7H2,(H2,25,26,27,28);2,5-8,11-16H,1,3-4,9-10H2,(H2,23,24,25,26);5H,1-4H2,(H2,7,8). The van der Waals surface area contributed by atoms with E-state index in [9.17, 15) is 19.2 Å². The van der Waals surface area contributed by atoms with Crippen LogP contribution in [0.2, 0.25) is 10.0 Å². The van der Waals surface area contributed by atoms with Crippen molar-refractivity contribution >= 4 is 137 Å². The van der Waals surface area contributed by atoms with Crippen LogP contribution in [0.4, 0.5) is 57.3 Å². The summed E-state index contributed by atoms with van der Waals surface area (Å²) in [5.74, 6) is 2.95. The lowest BCUT2D eigenvalue weighted by atomic mass is 9.88. The first kappa shape index (κ1) is 67.6. The third kappa shape index (κ3) is 17.8. The monoisotopic (exact) mass is 1330 g/mol. The summed E-state index contributed by atoms with van der Waals surface area (Å²) in [6.07, 6.45) is 24.3. The second-order valence-electron chi connectivity index (χ2n) is 26.3. The summed E-state index contributed by atoms with van der Waals surface area (Å²) in [5.41, 5.74) is 16.8. The molecule has 0 bridgehead atoms. The number of primary amides is 1. The average molecular weight is 1330 g/mol. The van der Waals surface area contributed by atoms with E-state index < -0.39 is 0 Å². The summed E-state index contributed by atoms with van der Waals surface area (Å²) in [4.78, 5) is 65.8. The first-order valence-electron chi connectivity index (χ1n) is 34.9. The van der Waals surface area contributed by atoms with Crippen molar-refractivity contribution in [2.75, 3.05) is 31.5 Å². The number of anilines is 10. The number of carbonyl (C=O) groups excluding carboxylic acids is 4. The molecule has 0 aliphatic heterocycles. The summed E-state index contributed by atoms with van der Waals surface area (Å²) < 4.78 is 0. The molecule has 0 unspecified atom stereocenters. The van der Waals surface area contributed by atoms with Gasteiger partial charge in [-0.05, 0) is 155 Å². The molecule has 7 aromatic carbocycles. The fraction of sp³-hybridized carbons (Fsp3) is 0.321. The molecule has 498 valence electrons. The molecule has 0 atom stereocenters. The van der Waals surface area contributed by atoms with E-state index in [-0.39, 0.29) is 47.3 Å². The quantitative estimate of drug-likeness (QED) is 0.0609. The van der Waals surface area contributed by atoms with Crippen molar-refractivity contribution in [3.63, 3.8) is 0 Å². The number of carbonyl (C=O) groups is 4. The maximum atomic E-state index is 13.2. The van der Waals surface area contributed by atoms with Gasteiger partial charge in [-0.25, -0.2) is 15.0 Å². The molecule has 4 saturated carbocycles. The second kappa shape index (κ2) is 33.1. The lowest BCUT2D eigenvalue weighted by molar-refractivity contribution is -0.122. The van der Waals surface area contributed by atoms with Crippen molar-refractivity contribution in [2.24, 2.45) is 29.4 Å². The van der Waals surface area contributed by atoms with Crippen LogP contribution in [-0.2, 0) is 32.0 Å². The molecule has 10 aromatic rings. The van der Waals surface area contributed by atoms with Gasteiger partial charge in [-0.1, -0.05) is 191 Å². The third-order valence-corrected chi connectivity index (χ3v) is 20.2. The molecule has 0 saturated heterocycles. The van der Waals surface area contributed by atoms with Crippen LogP contribution in [0.1, 0.15) is 140 Å². The van der Waals surface area contributed by atoms with Crippen molar-refractivity contribution < 1.29 is 19.2 Å². The van der Waals surface area contributed by atoms with E-state index in [0.29, 0.717) is 15.9 Å². The van der Waals surface area contributed by atoms with Crippen molar-refractivity contribution in [3.05, 3.63) is 209 Å².